The summed E-state index contributed by atoms with van der Waals surface area (Å²) in [4.78, 5) is 0. The van der Waals surface area contributed by atoms with Crippen molar-refractivity contribution in [3.63, 3.8) is 0 Å². The predicted molar refractivity (Wildman–Crippen MR) is 184 cm³/mol. The van der Waals surface area contributed by atoms with Crippen LogP contribution in [0.4, 0.5) is 11.4 Å². The van der Waals surface area contributed by atoms with Gasteiger partial charge in [0, 0.05) is 11.4 Å². The van der Waals surface area contributed by atoms with Crippen molar-refractivity contribution in [2.75, 3.05) is 5.32 Å². The lowest BCUT2D eigenvalue weighted by atomic mass is 9.67. The molecule has 0 aliphatic heterocycles. The van der Waals surface area contributed by atoms with Crippen molar-refractivity contribution in [2.45, 2.75) is 5.41 Å². The Bertz CT molecular complexity index is 2030. The van der Waals surface area contributed by atoms with Gasteiger partial charge < -0.3 is 5.32 Å². The summed E-state index contributed by atoms with van der Waals surface area (Å²) in [6.07, 6.45) is 0. The van der Waals surface area contributed by atoms with E-state index in [-0.39, 0.29) is 0 Å². The van der Waals surface area contributed by atoms with Crippen molar-refractivity contribution < 1.29 is 0 Å². The zero-order chi connectivity index (χ0) is 29.3. The third-order valence-electron chi connectivity index (χ3n) is 8.98. The van der Waals surface area contributed by atoms with Crippen molar-refractivity contribution in [1.29, 1.82) is 0 Å². The lowest BCUT2D eigenvalue weighted by Gasteiger charge is -2.35. The number of nitrogens with one attached hydrogen (secondary N) is 1. The first-order valence-corrected chi connectivity index (χ1v) is 15.2. The van der Waals surface area contributed by atoms with Gasteiger partial charge in [0.15, 0.2) is 0 Å². The summed E-state index contributed by atoms with van der Waals surface area (Å²) in [6, 6.07) is 65.6. The van der Waals surface area contributed by atoms with Crippen molar-refractivity contribution in [3.05, 3.63) is 204 Å². The minimum absolute atomic E-state index is 0.452. The molecule has 1 aliphatic carbocycles. The molecule has 0 saturated carbocycles. The highest BCUT2D eigenvalue weighted by Crippen LogP contribution is 2.57. The molecule has 0 atom stereocenters. The Morgan fingerprint density at radius 1 is 0.318 bits per heavy atom. The first-order chi connectivity index (χ1) is 21.8. The largest absolute Gasteiger partial charge is 0.355 e. The van der Waals surface area contributed by atoms with Crippen LogP contribution in [0.3, 0.4) is 0 Å². The average Bonchev–Trinajstić information content (AvgIpc) is 3.41. The van der Waals surface area contributed by atoms with E-state index in [1.165, 1.54) is 55.6 Å². The molecule has 7 aromatic rings. The Balaban J connectivity index is 1.24. The van der Waals surface area contributed by atoms with E-state index in [1.807, 2.05) is 0 Å². The van der Waals surface area contributed by atoms with Gasteiger partial charge in [0.2, 0.25) is 0 Å². The molecule has 1 N–H and O–H groups in total. The first kappa shape index (κ1) is 26.0. The second kappa shape index (κ2) is 10.9. The zero-order valence-corrected chi connectivity index (χ0v) is 24.3. The number of para-hydroxylation sites is 1. The maximum atomic E-state index is 3.83. The maximum Gasteiger partial charge on any atom is 0.0733 e. The number of hydrogen-bond donors (Lipinski definition) is 1. The summed E-state index contributed by atoms with van der Waals surface area (Å²) in [5.74, 6) is 0. The Morgan fingerprint density at radius 2 is 0.750 bits per heavy atom. The van der Waals surface area contributed by atoms with Crippen molar-refractivity contribution >= 4 is 11.4 Å². The van der Waals surface area contributed by atoms with Gasteiger partial charge >= 0.3 is 0 Å². The quantitative estimate of drug-likeness (QED) is 0.213. The van der Waals surface area contributed by atoms with E-state index in [2.05, 4.69) is 187 Å². The van der Waals surface area contributed by atoms with Crippen LogP contribution in [0.1, 0.15) is 22.3 Å². The molecule has 0 spiro atoms. The Labute approximate surface area is 259 Å². The minimum Gasteiger partial charge on any atom is -0.355 e. The van der Waals surface area contributed by atoms with Gasteiger partial charge in [-0.3, -0.25) is 0 Å². The lowest BCUT2D eigenvalue weighted by Crippen LogP contribution is -2.29. The summed E-state index contributed by atoms with van der Waals surface area (Å²) >= 11 is 0. The number of rotatable bonds is 6. The molecular weight excluding hydrogens is 530 g/mol. The number of benzene rings is 7. The number of fused-ring (bicyclic) bond motifs is 3. The second-order valence-electron chi connectivity index (χ2n) is 11.4. The Kier molecular flexibility index (Phi) is 6.43. The summed E-state index contributed by atoms with van der Waals surface area (Å²) in [5.41, 5.74) is 14.3. The number of hydrogen-bond acceptors (Lipinski definition) is 1. The van der Waals surface area contributed by atoms with E-state index in [4.69, 9.17) is 0 Å². The van der Waals surface area contributed by atoms with E-state index in [0.717, 1.165) is 11.4 Å². The maximum absolute atomic E-state index is 3.83. The molecule has 1 heteroatoms. The molecule has 7 aromatic carbocycles. The van der Waals surface area contributed by atoms with Gasteiger partial charge in [-0.05, 0) is 73.8 Å². The van der Waals surface area contributed by atoms with E-state index in [9.17, 15) is 0 Å². The molecule has 8 rings (SSSR count). The van der Waals surface area contributed by atoms with Crippen LogP contribution in [0.5, 0.6) is 0 Å². The fourth-order valence-electron chi connectivity index (χ4n) is 7.09. The SMILES string of the molecule is c1ccc(-c2ccccc2-c2ccc(Nc3ccccc3C3(c4ccccc4)c4ccccc4-c4ccccc43)cc2)cc1. The highest BCUT2D eigenvalue weighted by molar-refractivity contribution is 5.89. The molecule has 0 amide bonds. The molecule has 1 aliphatic rings. The molecule has 0 aromatic heterocycles. The smallest absolute Gasteiger partial charge is 0.0733 e. The average molecular weight is 562 g/mol. The van der Waals surface area contributed by atoms with Gasteiger partial charge in [0.25, 0.3) is 0 Å². The van der Waals surface area contributed by atoms with Crippen LogP contribution in [-0.2, 0) is 5.41 Å². The van der Waals surface area contributed by atoms with Crippen LogP contribution in [0.15, 0.2) is 182 Å². The standard InChI is InChI=1S/C43H31N/c1-3-15-31(16-4-1)35-19-7-8-20-36(35)32-27-29-34(30-28-32)44-42-26-14-13-25-41(42)43(33-17-5-2-6-18-33)39-23-11-9-21-37(39)38-22-10-12-24-40(38)43/h1-30,44H. The molecule has 0 radical (unpaired) electrons. The van der Waals surface area contributed by atoms with E-state index in [0.29, 0.717) is 0 Å². The summed E-state index contributed by atoms with van der Waals surface area (Å²) in [6.45, 7) is 0. The van der Waals surface area contributed by atoms with E-state index >= 15 is 0 Å². The molecule has 0 bridgehead atoms. The fraction of sp³-hybridized carbons (Fsp3) is 0.0233. The van der Waals surface area contributed by atoms with Gasteiger partial charge in [-0.25, -0.2) is 0 Å². The molecule has 208 valence electrons. The van der Waals surface area contributed by atoms with Crippen molar-refractivity contribution in [3.8, 4) is 33.4 Å². The van der Waals surface area contributed by atoms with Gasteiger partial charge in [-0.1, -0.05) is 164 Å². The van der Waals surface area contributed by atoms with E-state index < -0.39 is 5.41 Å². The fourth-order valence-corrected chi connectivity index (χ4v) is 7.09. The van der Waals surface area contributed by atoms with Crippen LogP contribution in [0, 0.1) is 0 Å². The van der Waals surface area contributed by atoms with Crippen molar-refractivity contribution in [1.82, 2.24) is 0 Å². The van der Waals surface area contributed by atoms with Crippen LogP contribution >= 0.6 is 0 Å². The van der Waals surface area contributed by atoms with Crippen LogP contribution in [-0.4, -0.2) is 0 Å². The molecular formula is C43H31N. The van der Waals surface area contributed by atoms with Gasteiger partial charge in [0.05, 0.1) is 5.41 Å². The summed E-state index contributed by atoms with van der Waals surface area (Å²) < 4.78 is 0. The topological polar surface area (TPSA) is 12.0 Å². The lowest BCUT2D eigenvalue weighted by molar-refractivity contribution is 0.771. The molecule has 0 unspecified atom stereocenters. The number of anilines is 2. The molecule has 0 saturated heterocycles. The molecule has 0 heterocycles. The summed E-state index contributed by atoms with van der Waals surface area (Å²) in [5, 5.41) is 3.83. The monoisotopic (exact) mass is 561 g/mol. The predicted octanol–water partition coefficient (Wildman–Crippen LogP) is 11.1. The Hall–Kier alpha value is -5.66. The van der Waals surface area contributed by atoms with Gasteiger partial charge in [-0.15, -0.1) is 0 Å². The third-order valence-corrected chi connectivity index (χ3v) is 8.98. The van der Waals surface area contributed by atoms with E-state index in [1.54, 1.807) is 0 Å². The zero-order valence-electron chi connectivity index (χ0n) is 24.3. The highest BCUT2D eigenvalue weighted by atomic mass is 14.9. The van der Waals surface area contributed by atoms with Gasteiger partial charge in [-0.2, -0.15) is 0 Å². The highest BCUT2D eigenvalue weighted by Gasteiger charge is 2.46. The second-order valence-corrected chi connectivity index (χ2v) is 11.4. The van der Waals surface area contributed by atoms with Crippen molar-refractivity contribution in [2.24, 2.45) is 0 Å². The first-order valence-electron chi connectivity index (χ1n) is 15.2. The third kappa shape index (κ3) is 4.17. The normalized spacial score (nSPS) is 12.7. The van der Waals surface area contributed by atoms with Gasteiger partial charge in [0.1, 0.15) is 0 Å². The Morgan fingerprint density at radius 3 is 1.34 bits per heavy atom. The van der Waals surface area contributed by atoms with Crippen LogP contribution in [0.25, 0.3) is 33.4 Å². The molecule has 0 fully saturated rings. The minimum atomic E-state index is -0.452. The van der Waals surface area contributed by atoms with Crippen LogP contribution in [0.2, 0.25) is 0 Å². The molecule has 1 nitrogen and oxygen atoms in total. The van der Waals surface area contributed by atoms with Crippen LogP contribution < -0.4 is 5.32 Å². The summed E-state index contributed by atoms with van der Waals surface area (Å²) in [7, 11) is 0. The molecule has 44 heavy (non-hydrogen) atoms.